The zero-order valence-electron chi connectivity index (χ0n) is 11.0. The van der Waals surface area contributed by atoms with Gasteiger partial charge in [0.25, 0.3) is 0 Å². The third kappa shape index (κ3) is 31.5. The van der Waals surface area contributed by atoms with Crippen molar-refractivity contribution >= 4 is 22.3 Å². The minimum atomic E-state index is -4.67. The van der Waals surface area contributed by atoms with E-state index in [1.54, 1.807) is 0 Å². The van der Waals surface area contributed by atoms with E-state index in [-0.39, 0.29) is 11.9 Å². The van der Waals surface area contributed by atoms with Gasteiger partial charge in [-0.05, 0) is 6.42 Å². The number of aliphatic imine (C=N–C) groups is 2. The Morgan fingerprint density at radius 3 is 1.95 bits per heavy atom. The number of hydrogen-bond acceptors (Lipinski definition) is 3. The number of rotatable bonds is 6. The molecule has 0 aromatic carbocycles. The van der Waals surface area contributed by atoms with Crippen LogP contribution in [0.5, 0.6) is 0 Å². The number of nitrogens with zero attached hydrogens (tertiary/aromatic N) is 2. The largest absolute Gasteiger partial charge is 0.394 e. The van der Waals surface area contributed by atoms with Crippen LogP contribution in [0.3, 0.4) is 0 Å². The molecule has 0 aromatic rings. The summed E-state index contributed by atoms with van der Waals surface area (Å²) in [6.07, 6.45) is 6.02. The lowest BCUT2D eigenvalue weighted by atomic mass is 10.2. The summed E-state index contributed by atoms with van der Waals surface area (Å²) in [5, 5.41) is 0. The fourth-order valence-electron chi connectivity index (χ4n) is 1.08. The second-order valence-electron chi connectivity index (χ2n) is 3.64. The van der Waals surface area contributed by atoms with Crippen molar-refractivity contribution in [3.63, 3.8) is 0 Å². The van der Waals surface area contributed by atoms with Crippen LogP contribution in [-0.2, 0) is 10.4 Å². The van der Waals surface area contributed by atoms with Gasteiger partial charge < -0.3 is 17.2 Å². The molecule has 19 heavy (non-hydrogen) atoms. The van der Waals surface area contributed by atoms with Crippen LogP contribution in [-0.4, -0.2) is 36.0 Å². The fraction of sp³-hybridized carbons (Fsp3) is 0.778. The molecule has 0 atom stereocenters. The molecule has 0 fully saturated rings. The molecule has 0 radical (unpaired) electrons. The van der Waals surface area contributed by atoms with Gasteiger partial charge in [0, 0.05) is 6.54 Å². The predicted molar refractivity (Wildman–Crippen MR) is 75.2 cm³/mol. The van der Waals surface area contributed by atoms with Crippen molar-refractivity contribution in [2.75, 3.05) is 6.54 Å². The van der Waals surface area contributed by atoms with Crippen LogP contribution < -0.4 is 17.2 Å². The smallest absolute Gasteiger partial charge is 0.370 e. The molecular weight excluding hydrogens is 274 g/mol. The van der Waals surface area contributed by atoms with E-state index in [1.165, 1.54) is 25.7 Å². The monoisotopic (exact) mass is 297 g/mol. The van der Waals surface area contributed by atoms with Crippen LogP contribution in [0, 0.1) is 0 Å². The van der Waals surface area contributed by atoms with Crippen molar-refractivity contribution in [1.29, 1.82) is 0 Å². The van der Waals surface area contributed by atoms with Crippen LogP contribution in [0.1, 0.15) is 39.0 Å². The lowest BCUT2D eigenvalue weighted by Gasteiger charge is -1.97. The molecule has 0 aliphatic rings. The van der Waals surface area contributed by atoms with Gasteiger partial charge in [-0.1, -0.05) is 32.6 Å². The molecule has 0 rings (SSSR count). The van der Waals surface area contributed by atoms with Crippen LogP contribution in [0.25, 0.3) is 0 Å². The molecule has 0 aliphatic heterocycles. The maximum atomic E-state index is 8.74. The van der Waals surface area contributed by atoms with Crippen LogP contribution in [0.15, 0.2) is 9.98 Å². The Hall–Kier alpha value is -1.39. The highest BCUT2D eigenvalue weighted by Gasteiger charge is 1.90. The van der Waals surface area contributed by atoms with Crippen LogP contribution in [0.4, 0.5) is 0 Å². The molecule has 0 spiro atoms. The van der Waals surface area contributed by atoms with Crippen molar-refractivity contribution in [3.05, 3.63) is 0 Å². The Bertz CT molecular complexity index is 368. The Morgan fingerprint density at radius 2 is 1.53 bits per heavy atom. The Kier molecular flexibility index (Phi) is 12.3. The lowest BCUT2D eigenvalue weighted by Crippen LogP contribution is -2.26. The van der Waals surface area contributed by atoms with Gasteiger partial charge in [0.15, 0.2) is 5.96 Å². The molecule has 0 bridgehead atoms. The van der Waals surface area contributed by atoms with Crippen molar-refractivity contribution in [1.82, 2.24) is 0 Å². The summed E-state index contributed by atoms with van der Waals surface area (Å²) in [5.74, 6) is 0.123. The maximum absolute atomic E-state index is 8.74. The van der Waals surface area contributed by atoms with Gasteiger partial charge in [-0.2, -0.15) is 13.4 Å². The normalized spacial score (nSPS) is 11.4. The first-order chi connectivity index (χ1) is 8.66. The summed E-state index contributed by atoms with van der Waals surface area (Å²) in [5.41, 5.74) is 15.7. The topological polar surface area (TPSA) is 177 Å². The minimum absolute atomic E-state index is 0.0442. The first kappa shape index (κ1) is 19.9. The van der Waals surface area contributed by atoms with Gasteiger partial charge in [-0.25, -0.2) is 0 Å². The first-order valence-electron chi connectivity index (χ1n) is 5.76. The van der Waals surface area contributed by atoms with E-state index in [1.807, 2.05) is 0 Å². The highest BCUT2D eigenvalue weighted by Crippen LogP contribution is 2.01. The molecule has 0 saturated heterocycles. The van der Waals surface area contributed by atoms with Gasteiger partial charge in [0.1, 0.15) is 0 Å². The van der Waals surface area contributed by atoms with Gasteiger partial charge in [0.05, 0.1) is 0 Å². The van der Waals surface area contributed by atoms with E-state index in [2.05, 4.69) is 16.9 Å². The van der Waals surface area contributed by atoms with E-state index in [9.17, 15) is 0 Å². The standard InChI is InChI=1S/C9H21N5.H2O4S/c1-2-3-4-5-6-7-13-9(12)14-8(10)11;1-5(2,3)4/h2-7H2,1H3,(H6,10,11,12,13,14);(H2,1,2,3,4). The van der Waals surface area contributed by atoms with Gasteiger partial charge in [-0.3, -0.25) is 14.1 Å². The average Bonchev–Trinajstić information content (AvgIpc) is 2.19. The molecule has 10 heteroatoms. The number of nitrogens with two attached hydrogens (primary N) is 3. The summed E-state index contributed by atoms with van der Waals surface area (Å²) in [6, 6.07) is 0. The van der Waals surface area contributed by atoms with E-state index >= 15 is 0 Å². The van der Waals surface area contributed by atoms with Crippen molar-refractivity contribution in [2.45, 2.75) is 39.0 Å². The highest BCUT2D eigenvalue weighted by molar-refractivity contribution is 7.79. The Morgan fingerprint density at radius 1 is 1.05 bits per heavy atom. The first-order valence-corrected chi connectivity index (χ1v) is 7.16. The van der Waals surface area contributed by atoms with Gasteiger partial charge in [-0.15, -0.1) is 0 Å². The quantitative estimate of drug-likeness (QED) is 0.196. The zero-order chi connectivity index (χ0) is 15.3. The molecule has 0 aliphatic carbocycles. The third-order valence-corrected chi connectivity index (χ3v) is 1.78. The third-order valence-electron chi connectivity index (χ3n) is 1.78. The summed E-state index contributed by atoms with van der Waals surface area (Å²) < 4.78 is 31.6. The fourth-order valence-corrected chi connectivity index (χ4v) is 1.08. The number of hydrogen-bond donors (Lipinski definition) is 5. The van der Waals surface area contributed by atoms with Crippen molar-refractivity contribution < 1.29 is 17.5 Å². The highest BCUT2D eigenvalue weighted by atomic mass is 32.3. The molecule has 0 heterocycles. The predicted octanol–water partition coefficient (Wildman–Crippen LogP) is -0.108. The maximum Gasteiger partial charge on any atom is 0.394 e. The summed E-state index contributed by atoms with van der Waals surface area (Å²) in [7, 11) is -4.67. The number of guanidine groups is 2. The van der Waals surface area contributed by atoms with E-state index < -0.39 is 10.4 Å². The molecule has 8 N–H and O–H groups in total. The van der Waals surface area contributed by atoms with E-state index in [0.717, 1.165) is 6.42 Å². The van der Waals surface area contributed by atoms with Crippen molar-refractivity contribution in [3.8, 4) is 0 Å². The molecular formula is C9H23N5O4S. The second-order valence-corrected chi connectivity index (χ2v) is 4.53. The summed E-state index contributed by atoms with van der Waals surface area (Å²) in [4.78, 5) is 7.62. The van der Waals surface area contributed by atoms with Gasteiger partial charge >= 0.3 is 10.4 Å². The van der Waals surface area contributed by atoms with Gasteiger partial charge in [0.2, 0.25) is 5.96 Å². The molecule has 114 valence electrons. The van der Waals surface area contributed by atoms with Crippen molar-refractivity contribution in [2.24, 2.45) is 27.2 Å². The molecule has 0 aromatic heterocycles. The average molecular weight is 297 g/mol. The number of unbranched alkanes of at least 4 members (excludes halogenated alkanes) is 4. The molecule has 0 unspecified atom stereocenters. The Balaban J connectivity index is 0. The van der Waals surface area contributed by atoms with E-state index in [0.29, 0.717) is 6.54 Å². The van der Waals surface area contributed by atoms with Crippen LogP contribution >= 0.6 is 0 Å². The zero-order valence-corrected chi connectivity index (χ0v) is 11.8. The molecule has 9 nitrogen and oxygen atoms in total. The SMILES string of the molecule is CCCCCCCN=C(N)N=C(N)N.O=S(=O)(O)O. The Labute approximate surface area is 113 Å². The second kappa shape index (κ2) is 11.7. The summed E-state index contributed by atoms with van der Waals surface area (Å²) >= 11 is 0. The lowest BCUT2D eigenvalue weighted by molar-refractivity contribution is 0.381. The molecule has 0 amide bonds. The molecule has 0 saturated carbocycles. The summed E-state index contributed by atoms with van der Waals surface area (Å²) in [6.45, 7) is 2.89. The minimum Gasteiger partial charge on any atom is -0.370 e. The van der Waals surface area contributed by atoms with E-state index in [4.69, 9.17) is 34.7 Å². The van der Waals surface area contributed by atoms with Crippen LogP contribution in [0.2, 0.25) is 0 Å².